The van der Waals surface area contributed by atoms with E-state index in [4.69, 9.17) is 10.2 Å². The highest BCUT2D eigenvalue weighted by Gasteiger charge is 2.07. The van der Waals surface area contributed by atoms with Crippen LogP contribution < -0.4 is 0 Å². The maximum absolute atomic E-state index is 8.88. The van der Waals surface area contributed by atoms with E-state index in [0.29, 0.717) is 13.2 Å². The van der Waals surface area contributed by atoms with Gasteiger partial charge >= 0.3 is 0 Å². The number of unbranched alkanes of at least 4 members (excludes halogenated alkanes) is 10. The van der Waals surface area contributed by atoms with Crippen molar-refractivity contribution in [2.75, 3.05) is 13.2 Å². The van der Waals surface area contributed by atoms with Crippen molar-refractivity contribution in [3.05, 3.63) is 70.8 Å². The fourth-order valence-corrected chi connectivity index (χ4v) is 4.42. The van der Waals surface area contributed by atoms with Gasteiger partial charge in [0.15, 0.2) is 0 Å². The van der Waals surface area contributed by atoms with Crippen LogP contribution in [0.2, 0.25) is 0 Å². The number of hydrogen-bond acceptors (Lipinski definition) is 2. The molecule has 0 radical (unpaired) electrons. The maximum atomic E-state index is 8.88. The molecule has 0 amide bonds. The lowest BCUT2D eigenvalue weighted by molar-refractivity contribution is 0.282. The summed E-state index contributed by atoms with van der Waals surface area (Å²) in [6, 6.07) is 18.0. The van der Waals surface area contributed by atoms with E-state index < -0.39 is 0 Å². The van der Waals surface area contributed by atoms with E-state index in [0.717, 1.165) is 32.1 Å². The second kappa shape index (κ2) is 17.0. The van der Waals surface area contributed by atoms with Crippen LogP contribution in [0.3, 0.4) is 0 Å². The van der Waals surface area contributed by atoms with E-state index in [1.807, 2.05) is 0 Å². The Bertz CT molecular complexity index is 635. The molecule has 0 unspecified atom stereocenters. The minimum Gasteiger partial charge on any atom is -0.396 e. The van der Waals surface area contributed by atoms with E-state index in [-0.39, 0.29) is 0 Å². The molecule has 0 aliphatic carbocycles. The predicted octanol–water partition coefficient (Wildman–Crippen LogP) is 7.03. The largest absolute Gasteiger partial charge is 0.396 e. The molecule has 2 rings (SSSR count). The quantitative estimate of drug-likeness (QED) is 0.252. The van der Waals surface area contributed by atoms with Crippen LogP contribution in [0.25, 0.3) is 0 Å². The lowest BCUT2D eigenvalue weighted by Gasteiger charge is -2.13. The summed E-state index contributed by atoms with van der Waals surface area (Å²) < 4.78 is 0. The lowest BCUT2D eigenvalue weighted by Crippen LogP contribution is -2.00. The summed E-state index contributed by atoms with van der Waals surface area (Å²) in [4.78, 5) is 0. The van der Waals surface area contributed by atoms with Gasteiger partial charge in [-0.1, -0.05) is 99.9 Å². The van der Waals surface area contributed by atoms with Gasteiger partial charge in [-0.3, -0.25) is 0 Å². The first-order valence-corrected chi connectivity index (χ1v) is 12.7. The van der Waals surface area contributed by atoms with Crippen LogP contribution in [0.15, 0.2) is 48.5 Å². The Kier molecular flexibility index (Phi) is 14.0. The number of benzene rings is 2. The second-order valence-electron chi connectivity index (χ2n) is 8.90. The zero-order valence-electron chi connectivity index (χ0n) is 19.5. The van der Waals surface area contributed by atoms with Crippen LogP contribution in [0.4, 0.5) is 0 Å². The van der Waals surface area contributed by atoms with Gasteiger partial charge in [0.25, 0.3) is 0 Å². The molecule has 0 atom stereocenters. The van der Waals surface area contributed by atoms with Gasteiger partial charge in [0.1, 0.15) is 0 Å². The Morgan fingerprint density at radius 2 is 0.710 bits per heavy atom. The zero-order valence-corrected chi connectivity index (χ0v) is 19.5. The second-order valence-corrected chi connectivity index (χ2v) is 8.90. The third-order valence-corrected chi connectivity index (χ3v) is 6.33. The summed E-state index contributed by atoms with van der Waals surface area (Å²) >= 11 is 0. The highest BCUT2D eigenvalue weighted by molar-refractivity contribution is 5.36. The number of rotatable bonds is 18. The van der Waals surface area contributed by atoms with E-state index in [2.05, 4.69) is 48.5 Å². The van der Waals surface area contributed by atoms with Gasteiger partial charge in [0.05, 0.1) is 0 Å². The third kappa shape index (κ3) is 11.0. The molecule has 0 spiro atoms. The fourth-order valence-electron chi connectivity index (χ4n) is 4.42. The molecular formula is C29H44O2. The van der Waals surface area contributed by atoms with Crippen LogP contribution in [0, 0.1) is 0 Å². The van der Waals surface area contributed by atoms with Crippen LogP contribution in [-0.4, -0.2) is 23.4 Å². The molecule has 0 aliphatic heterocycles. The number of aryl methyl sites for hydroxylation is 2. The Morgan fingerprint density at radius 3 is 1.10 bits per heavy atom. The SMILES string of the molecule is OCCCCCCCCc1ccccc1Cc1ccccc1CCCCCCCCO. The van der Waals surface area contributed by atoms with Crippen LogP contribution in [-0.2, 0) is 19.3 Å². The molecule has 172 valence electrons. The first-order valence-electron chi connectivity index (χ1n) is 12.7. The fraction of sp³-hybridized carbons (Fsp3) is 0.586. The van der Waals surface area contributed by atoms with Crippen molar-refractivity contribution in [2.24, 2.45) is 0 Å². The summed E-state index contributed by atoms with van der Waals surface area (Å²) in [6.45, 7) is 0.666. The van der Waals surface area contributed by atoms with Gasteiger partial charge in [0.2, 0.25) is 0 Å². The van der Waals surface area contributed by atoms with Crippen molar-refractivity contribution >= 4 is 0 Å². The van der Waals surface area contributed by atoms with Crippen molar-refractivity contribution in [1.82, 2.24) is 0 Å². The van der Waals surface area contributed by atoms with Crippen molar-refractivity contribution < 1.29 is 10.2 Å². The van der Waals surface area contributed by atoms with Crippen molar-refractivity contribution in [3.8, 4) is 0 Å². The average molecular weight is 425 g/mol. The molecule has 31 heavy (non-hydrogen) atoms. The highest BCUT2D eigenvalue weighted by Crippen LogP contribution is 2.21. The predicted molar refractivity (Wildman–Crippen MR) is 133 cm³/mol. The van der Waals surface area contributed by atoms with E-state index >= 15 is 0 Å². The highest BCUT2D eigenvalue weighted by atomic mass is 16.3. The van der Waals surface area contributed by atoms with Gasteiger partial charge < -0.3 is 10.2 Å². The average Bonchev–Trinajstić information content (AvgIpc) is 2.80. The summed E-state index contributed by atoms with van der Waals surface area (Å²) in [7, 11) is 0. The zero-order chi connectivity index (χ0) is 22.0. The van der Waals surface area contributed by atoms with Gasteiger partial charge in [-0.25, -0.2) is 0 Å². The van der Waals surface area contributed by atoms with E-state index in [1.54, 1.807) is 0 Å². The Hall–Kier alpha value is -1.64. The number of aliphatic hydroxyl groups is 2. The van der Waals surface area contributed by atoms with Crippen molar-refractivity contribution in [3.63, 3.8) is 0 Å². The molecule has 0 aromatic heterocycles. The molecule has 0 fully saturated rings. The molecule has 2 N–H and O–H groups in total. The Balaban J connectivity index is 1.81. The molecule has 0 heterocycles. The summed E-state index contributed by atoms with van der Waals surface area (Å²) in [5.41, 5.74) is 5.99. The third-order valence-electron chi connectivity index (χ3n) is 6.33. The Morgan fingerprint density at radius 1 is 0.387 bits per heavy atom. The topological polar surface area (TPSA) is 40.5 Å². The first-order chi connectivity index (χ1) is 15.3. The number of hydrogen-bond donors (Lipinski definition) is 2. The minimum absolute atomic E-state index is 0.333. The Labute approximate surface area is 190 Å². The molecule has 2 heteroatoms. The van der Waals surface area contributed by atoms with E-state index in [9.17, 15) is 0 Å². The normalized spacial score (nSPS) is 11.2. The van der Waals surface area contributed by atoms with Crippen LogP contribution in [0.5, 0.6) is 0 Å². The molecule has 0 bridgehead atoms. The smallest absolute Gasteiger partial charge is 0.0431 e. The molecule has 2 aromatic carbocycles. The van der Waals surface area contributed by atoms with Gasteiger partial charge in [0, 0.05) is 13.2 Å². The van der Waals surface area contributed by atoms with Crippen LogP contribution in [0.1, 0.15) is 99.3 Å². The lowest BCUT2D eigenvalue weighted by atomic mass is 9.92. The summed E-state index contributed by atoms with van der Waals surface area (Å²) in [6.07, 6.45) is 17.8. The van der Waals surface area contributed by atoms with Crippen molar-refractivity contribution in [2.45, 2.75) is 96.3 Å². The van der Waals surface area contributed by atoms with E-state index in [1.165, 1.54) is 86.5 Å². The minimum atomic E-state index is 0.333. The molecule has 2 nitrogen and oxygen atoms in total. The summed E-state index contributed by atoms with van der Waals surface area (Å²) in [5.74, 6) is 0. The molecule has 0 saturated carbocycles. The van der Waals surface area contributed by atoms with Crippen molar-refractivity contribution in [1.29, 1.82) is 0 Å². The molecule has 2 aromatic rings. The molecule has 0 saturated heterocycles. The number of aliphatic hydroxyl groups excluding tert-OH is 2. The molecular weight excluding hydrogens is 380 g/mol. The van der Waals surface area contributed by atoms with Gasteiger partial charge in [-0.15, -0.1) is 0 Å². The molecule has 0 aliphatic rings. The monoisotopic (exact) mass is 424 g/mol. The van der Waals surface area contributed by atoms with Crippen LogP contribution >= 0.6 is 0 Å². The van der Waals surface area contributed by atoms with Gasteiger partial charge in [-0.05, 0) is 67.2 Å². The van der Waals surface area contributed by atoms with Gasteiger partial charge in [-0.2, -0.15) is 0 Å². The maximum Gasteiger partial charge on any atom is 0.0431 e. The standard InChI is InChI=1S/C29H44O2/c30-23-15-7-3-1-5-9-17-26-19-11-13-21-28(26)25-29-22-14-12-20-27(29)18-10-6-2-4-8-16-24-31/h11-14,19-22,30-31H,1-10,15-18,23-25H2. The first kappa shape index (κ1) is 25.6. The summed E-state index contributed by atoms with van der Waals surface area (Å²) in [5, 5.41) is 17.8.